The standard InChI is InChI=1S/C18H17NO/c1-17(2,3)18(11-19)10-14-8-12-6-4-5-7-13(12)9-15(14)16(18)20/h4-9H,10H2,1-3H3. The Kier molecular flexibility index (Phi) is 2.53. The molecule has 1 unspecified atom stereocenters. The molecular formula is C18H17NO. The van der Waals surface area contributed by atoms with E-state index in [1.807, 2.05) is 51.1 Å². The molecule has 0 amide bonds. The van der Waals surface area contributed by atoms with Crippen LogP contribution < -0.4 is 0 Å². The number of carbonyl (C=O) groups excluding carboxylic acids is 1. The number of nitrogens with zero attached hydrogens (tertiary/aromatic N) is 1. The number of rotatable bonds is 0. The van der Waals surface area contributed by atoms with E-state index in [0.717, 1.165) is 21.9 Å². The second-order valence-electron chi connectivity index (χ2n) is 6.63. The molecule has 2 aromatic carbocycles. The molecule has 0 aromatic heterocycles. The first-order valence-electron chi connectivity index (χ1n) is 6.87. The first-order valence-corrected chi connectivity index (χ1v) is 6.87. The van der Waals surface area contributed by atoms with Crippen LogP contribution in [0, 0.1) is 22.2 Å². The lowest BCUT2D eigenvalue weighted by Crippen LogP contribution is -2.39. The van der Waals surface area contributed by atoms with E-state index in [4.69, 9.17) is 0 Å². The predicted octanol–water partition coefficient (Wildman–Crippen LogP) is 4.13. The average Bonchev–Trinajstić information content (AvgIpc) is 2.69. The zero-order valence-electron chi connectivity index (χ0n) is 12.0. The molecule has 0 radical (unpaired) electrons. The number of carbonyl (C=O) groups is 1. The van der Waals surface area contributed by atoms with Crippen molar-refractivity contribution in [3.63, 3.8) is 0 Å². The van der Waals surface area contributed by atoms with Gasteiger partial charge < -0.3 is 0 Å². The molecule has 1 aliphatic carbocycles. The molecule has 0 aliphatic heterocycles. The van der Waals surface area contributed by atoms with Crippen LogP contribution in [0.4, 0.5) is 0 Å². The van der Waals surface area contributed by atoms with E-state index in [9.17, 15) is 10.1 Å². The SMILES string of the molecule is CC(C)(C)C1(C#N)Cc2cc3ccccc3cc2C1=O. The number of benzene rings is 2. The van der Waals surface area contributed by atoms with Crippen molar-refractivity contribution in [1.82, 2.24) is 0 Å². The van der Waals surface area contributed by atoms with Gasteiger partial charge in [0.2, 0.25) is 0 Å². The molecule has 0 bridgehead atoms. The molecule has 3 rings (SSSR count). The molecule has 0 saturated carbocycles. The van der Waals surface area contributed by atoms with Gasteiger partial charge in [-0.3, -0.25) is 4.79 Å². The minimum Gasteiger partial charge on any atom is -0.292 e. The third-order valence-electron chi connectivity index (χ3n) is 4.53. The third-order valence-corrected chi connectivity index (χ3v) is 4.53. The van der Waals surface area contributed by atoms with Crippen LogP contribution in [0.2, 0.25) is 0 Å². The van der Waals surface area contributed by atoms with Gasteiger partial charge in [-0.05, 0) is 34.2 Å². The number of Topliss-reactive ketones (excluding diaryl/α,β-unsaturated/α-hetero) is 1. The molecule has 2 nitrogen and oxygen atoms in total. The Balaban J connectivity index is 2.25. The van der Waals surface area contributed by atoms with Crippen LogP contribution in [0.3, 0.4) is 0 Å². The normalized spacial score (nSPS) is 21.8. The zero-order chi connectivity index (χ0) is 14.5. The summed E-state index contributed by atoms with van der Waals surface area (Å²) in [5, 5.41) is 11.8. The number of nitriles is 1. The highest BCUT2D eigenvalue weighted by Crippen LogP contribution is 2.49. The van der Waals surface area contributed by atoms with Crippen LogP contribution in [-0.4, -0.2) is 5.78 Å². The monoisotopic (exact) mass is 263 g/mol. The first kappa shape index (κ1) is 12.9. The lowest BCUT2D eigenvalue weighted by Gasteiger charge is -2.33. The summed E-state index contributed by atoms with van der Waals surface area (Å²) in [5.41, 5.74) is 0.418. The van der Waals surface area contributed by atoms with Crippen molar-refractivity contribution in [3.05, 3.63) is 47.5 Å². The highest BCUT2D eigenvalue weighted by Gasteiger charge is 2.53. The topological polar surface area (TPSA) is 40.9 Å². The Morgan fingerprint density at radius 1 is 1.15 bits per heavy atom. The maximum Gasteiger partial charge on any atom is 0.184 e. The third kappa shape index (κ3) is 1.53. The second-order valence-corrected chi connectivity index (χ2v) is 6.63. The minimum absolute atomic E-state index is 0.0201. The van der Waals surface area contributed by atoms with E-state index in [0.29, 0.717) is 6.42 Å². The summed E-state index contributed by atoms with van der Waals surface area (Å²) in [6.45, 7) is 5.92. The van der Waals surface area contributed by atoms with Crippen LogP contribution in [0.15, 0.2) is 36.4 Å². The minimum atomic E-state index is -0.938. The lowest BCUT2D eigenvalue weighted by atomic mass is 9.65. The van der Waals surface area contributed by atoms with Crippen molar-refractivity contribution in [2.24, 2.45) is 10.8 Å². The lowest BCUT2D eigenvalue weighted by molar-refractivity contribution is 0.0716. The van der Waals surface area contributed by atoms with Crippen molar-refractivity contribution in [2.45, 2.75) is 27.2 Å². The molecule has 2 aromatic rings. The molecule has 0 N–H and O–H groups in total. The smallest absolute Gasteiger partial charge is 0.184 e. The van der Waals surface area contributed by atoms with Gasteiger partial charge in [-0.1, -0.05) is 51.1 Å². The fourth-order valence-corrected chi connectivity index (χ4v) is 3.10. The van der Waals surface area contributed by atoms with E-state index in [1.165, 1.54) is 0 Å². The van der Waals surface area contributed by atoms with E-state index >= 15 is 0 Å². The number of hydrogen-bond donors (Lipinski definition) is 0. The molecule has 0 spiro atoms. The summed E-state index contributed by atoms with van der Waals surface area (Å²) in [6, 6.07) is 14.3. The van der Waals surface area contributed by atoms with Gasteiger partial charge in [-0.15, -0.1) is 0 Å². The van der Waals surface area contributed by atoms with Gasteiger partial charge in [0.1, 0.15) is 5.41 Å². The molecule has 100 valence electrons. The fourth-order valence-electron chi connectivity index (χ4n) is 3.10. The highest BCUT2D eigenvalue weighted by molar-refractivity contribution is 6.09. The van der Waals surface area contributed by atoms with Crippen molar-refractivity contribution in [3.8, 4) is 6.07 Å². The second kappa shape index (κ2) is 3.93. The van der Waals surface area contributed by atoms with Crippen LogP contribution >= 0.6 is 0 Å². The summed E-state index contributed by atoms with van der Waals surface area (Å²) >= 11 is 0. The summed E-state index contributed by atoms with van der Waals surface area (Å²) in [7, 11) is 0. The maximum absolute atomic E-state index is 12.8. The van der Waals surface area contributed by atoms with Crippen LogP contribution in [0.5, 0.6) is 0 Å². The van der Waals surface area contributed by atoms with E-state index in [-0.39, 0.29) is 11.2 Å². The molecule has 2 heteroatoms. The van der Waals surface area contributed by atoms with Crippen LogP contribution in [0.25, 0.3) is 10.8 Å². The summed E-state index contributed by atoms with van der Waals surface area (Å²) in [5.74, 6) is -0.0201. The van der Waals surface area contributed by atoms with Crippen molar-refractivity contribution in [2.75, 3.05) is 0 Å². The van der Waals surface area contributed by atoms with Gasteiger partial charge in [0.25, 0.3) is 0 Å². The largest absolute Gasteiger partial charge is 0.292 e. The molecule has 1 aliphatic rings. The maximum atomic E-state index is 12.8. The van der Waals surface area contributed by atoms with Crippen molar-refractivity contribution >= 4 is 16.6 Å². The number of hydrogen-bond acceptors (Lipinski definition) is 2. The van der Waals surface area contributed by atoms with Crippen molar-refractivity contribution < 1.29 is 4.79 Å². The first-order chi connectivity index (χ1) is 9.39. The van der Waals surface area contributed by atoms with Crippen LogP contribution in [0.1, 0.15) is 36.7 Å². The quantitative estimate of drug-likeness (QED) is 0.717. The Morgan fingerprint density at radius 3 is 2.30 bits per heavy atom. The summed E-state index contributed by atoms with van der Waals surface area (Å²) in [4.78, 5) is 12.8. The Morgan fingerprint density at radius 2 is 1.75 bits per heavy atom. The average molecular weight is 263 g/mol. The Bertz CT molecular complexity index is 761. The van der Waals surface area contributed by atoms with Gasteiger partial charge in [-0.2, -0.15) is 5.26 Å². The molecule has 1 atom stereocenters. The number of fused-ring (bicyclic) bond motifs is 2. The number of ketones is 1. The van der Waals surface area contributed by atoms with Gasteiger partial charge in [0.15, 0.2) is 5.78 Å². The molecular weight excluding hydrogens is 246 g/mol. The predicted molar refractivity (Wildman–Crippen MR) is 79.5 cm³/mol. The van der Waals surface area contributed by atoms with E-state index in [2.05, 4.69) is 12.1 Å². The van der Waals surface area contributed by atoms with E-state index in [1.54, 1.807) is 0 Å². The molecule has 20 heavy (non-hydrogen) atoms. The summed E-state index contributed by atoms with van der Waals surface area (Å²) < 4.78 is 0. The van der Waals surface area contributed by atoms with E-state index < -0.39 is 5.41 Å². The fraction of sp³-hybridized carbons (Fsp3) is 0.333. The van der Waals surface area contributed by atoms with Gasteiger partial charge in [-0.25, -0.2) is 0 Å². The molecule has 0 heterocycles. The van der Waals surface area contributed by atoms with Gasteiger partial charge >= 0.3 is 0 Å². The molecule has 0 fully saturated rings. The molecule has 0 saturated heterocycles. The Labute approximate surface area is 119 Å². The van der Waals surface area contributed by atoms with Gasteiger partial charge in [0, 0.05) is 5.56 Å². The van der Waals surface area contributed by atoms with Gasteiger partial charge in [0.05, 0.1) is 6.07 Å². The zero-order valence-corrected chi connectivity index (χ0v) is 12.0. The highest BCUT2D eigenvalue weighted by atomic mass is 16.1. The van der Waals surface area contributed by atoms with Crippen LogP contribution in [-0.2, 0) is 6.42 Å². The summed E-state index contributed by atoms with van der Waals surface area (Å²) in [6.07, 6.45) is 0.520. The Hall–Kier alpha value is -2.14. The van der Waals surface area contributed by atoms with Crippen molar-refractivity contribution in [1.29, 1.82) is 5.26 Å².